The molecular formula is C25H25N5O2. The molecule has 0 bridgehead atoms. The Morgan fingerprint density at radius 3 is 2.41 bits per heavy atom. The third-order valence-electron chi connectivity index (χ3n) is 6.48. The van der Waals surface area contributed by atoms with Crippen molar-refractivity contribution in [2.24, 2.45) is 0 Å². The Kier molecular flexibility index (Phi) is 4.89. The smallest absolute Gasteiger partial charge is 0.281 e. The highest BCUT2D eigenvalue weighted by Gasteiger charge is 2.42. The zero-order valence-electron chi connectivity index (χ0n) is 18.0. The Balaban J connectivity index is 1.66. The van der Waals surface area contributed by atoms with Gasteiger partial charge in [-0.2, -0.15) is 0 Å². The highest BCUT2D eigenvalue weighted by Crippen LogP contribution is 2.42. The molecule has 3 N–H and O–H groups in total. The molecular weight excluding hydrogens is 402 g/mol. The van der Waals surface area contributed by atoms with E-state index in [-0.39, 0.29) is 23.5 Å². The van der Waals surface area contributed by atoms with E-state index >= 15 is 0 Å². The second-order valence-electron chi connectivity index (χ2n) is 8.41. The maximum absolute atomic E-state index is 13.5. The Morgan fingerprint density at radius 1 is 1.06 bits per heavy atom. The van der Waals surface area contributed by atoms with Crippen LogP contribution in [-0.2, 0) is 10.2 Å². The zero-order chi connectivity index (χ0) is 22.3. The molecule has 0 spiro atoms. The van der Waals surface area contributed by atoms with Crippen molar-refractivity contribution in [1.82, 2.24) is 19.9 Å². The predicted octanol–water partition coefficient (Wildman–Crippen LogP) is 3.80. The van der Waals surface area contributed by atoms with Crippen LogP contribution >= 0.6 is 0 Å². The lowest BCUT2D eigenvalue weighted by Gasteiger charge is -2.28. The second-order valence-corrected chi connectivity index (χ2v) is 8.41. The molecule has 0 aliphatic heterocycles. The van der Waals surface area contributed by atoms with Gasteiger partial charge in [-0.05, 0) is 48.2 Å². The molecule has 1 fully saturated rings. The summed E-state index contributed by atoms with van der Waals surface area (Å²) in [5.74, 6) is -0.196. The van der Waals surface area contributed by atoms with Gasteiger partial charge >= 0.3 is 0 Å². The van der Waals surface area contributed by atoms with Gasteiger partial charge in [0.25, 0.3) is 5.91 Å². The number of carbonyl (C=O) groups excluding carboxylic acids is 2. The summed E-state index contributed by atoms with van der Waals surface area (Å²) in [7, 11) is 0. The van der Waals surface area contributed by atoms with E-state index in [4.69, 9.17) is 5.73 Å². The normalized spacial score (nSPS) is 15.3. The maximum Gasteiger partial charge on any atom is 0.281 e. The number of rotatable bonds is 4. The highest BCUT2D eigenvalue weighted by atomic mass is 16.2. The molecule has 0 unspecified atom stereocenters. The molecule has 7 nitrogen and oxygen atoms in total. The van der Waals surface area contributed by atoms with Gasteiger partial charge < -0.3 is 11.1 Å². The maximum atomic E-state index is 13.5. The average Bonchev–Trinajstić information content (AvgIpc) is 3.46. The SMILES string of the molecule is CCNC(=O)C1(c2ccc3nc(N)nc(C(=O)n4cc5ccccc5c4)c3c2)CCCC1. The number of carbonyl (C=O) groups is 2. The average molecular weight is 428 g/mol. The van der Waals surface area contributed by atoms with Gasteiger partial charge in [0.1, 0.15) is 5.69 Å². The number of hydrogen-bond donors (Lipinski definition) is 2. The molecule has 0 atom stereocenters. The second kappa shape index (κ2) is 7.75. The third kappa shape index (κ3) is 3.21. The number of hydrogen-bond acceptors (Lipinski definition) is 5. The number of benzene rings is 2. The van der Waals surface area contributed by atoms with Gasteiger partial charge in [0.05, 0.1) is 10.9 Å². The standard InChI is InChI=1S/C25H25N5O2/c1-2-27-23(32)25(11-5-6-12-25)18-9-10-20-19(13-18)21(29-24(26)28-20)22(31)30-14-16-7-3-4-8-17(16)15-30/h3-4,7-10,13-15H,2,5-6,11-12H2,1H3,(H,27,32)(H2,26,28,29). The molecule has 4 aromatic rings. The summed E-state index contributed by atoms with van der Waals surface area (Å²) in [5, 5.41) is 5.54. The Morgan fingerprint density at radius 2 is 1.75 bits per heavy atom. The Bertz CT molecular complexity index is 1320. The Labute approximate surface area is 185 Å². The van der Waals surface area contributed by atoms with E-state index in [9.17, 15) is 9.59 Å². The van der Waals surface area contributed by atoms with E-state index in [1.807, 2.05) is 49.4 Å². The lowest BCUT2D eigenvalue weighted by molar-refractivity contribution is -0.126. The number of anilines is 1. The number of aromatic nitrogens is 3. The number of nitrogen functional groups attached to an aromatic ring is 1. The third-order valence-corrected chi connectivity index (χ3v) is 6.48. The number of nitrogens with one attached hydrogen (secondary N) is 1. The molecule has 1 saturated carbocycles. The fourth-order valence-corrected chi connectivity index (χ4v) is 4.88. The minimum absolute atomic E-state index is 0.0396. The van der Waals surface area contributed by atoms with Crippen LogP contribution in [0.4, 0.5) is 5.95 Å². The molecule has 1 aliphatic rings. The van der Waals surface area contributed by atoms with Gasteiger partial charge in [0, 0.05) is 24.3 Å². The van der Waals surface area contributed by atoms with Crippen LogP contribution in [0.25, 0.3) is 21.7 Å². The Hall–Kier alpha value is -3.74. The van der Waals surface area contributed by atoms with Crippen molar-refractivity contribution in [1.29, 1.82) is 0 Å². The molecule has 0 radical (unpaired) electrons. The van der Waals surface area contributed by atoms with Crippen LogP contribution in [-0.4, -0.2) is 32.9 Å². The molecule has 7 heteroatoms. The van der Waals surface area contributed by atoms with E-state index in [0.717, 1.165) is 42.0 Å². The zero-order valence-corrected chi connectivity index (χ0v) is 18.0. The summed E-state index contributed by atoms with van der Waals surface area (Å²) in [6.45, 7) is 2.51. The summed E-state index contributed by atoms with van der Waals surface area (Å²) < 4.78 is 1.54. The molecule has 2 aromatic heterocycles. The number of amides is 1. The van der Waals surface area contributed by atoms with E-state index in [2.05, 4.69) is 15.3 Å². The van der Waals surface area contributed by atoms with Crippen molar-refractivity contribution in [3.05, 3.63) is 66.1 Å². The van der Waals surface area contributed by atoms with Gasteiger partial charge in [0.2, 0.25) is 11.9 Å². The predicted molar refractivity (Wildman–Crippen MR) is 124 cm³/mol. The summed E-state index contributed by atoms with van der Waals surface area (Å²) in [5.41, 5.74) is 7.07. The first kappa shape index (κ1) is 20.2. The van der Waals surface area contributed by atoms with Crippen molar-refractivity contribution >= 4 is 39.4 Å². The number of likely N-dealkylation sites (N-methyl/N-ethyl adjacent to an activating group) is 1. The largest absolute Gasteiger partial charge is 0.368 e. The van der Waals surface area contributed by atoms with Crippen LogP contribution in [0.2, 0.25) is 0 Å². The van der Waals surface area contributed by atoms with Crippen molar-refractivity contribution in [2.45, 2.75) is 38.0 Å². The lowest BCUT2D eigenvalue weighted by atomic mass is 9.77. The molecule has 5 rings (SSSR count). The van der Waals surface area contributed by atoms with Crippen LogP contribution in [0.1, 0.15) is 48.7 Å². The highest BCUT2D eigenvalue weighted by molar-refractivity contribution is 6.07. The van der Waals surface area contributed by atoms with E-state index in [1.54, 1.807) is 12.4 Å². The van der Waals surface area contributed by atoms with Gasteiger partial charge in [-0.25, -0.2) is 9.97 Å². The lowest BCUT2D eigenvalue weighted by Crippen LogP contribution is -2.42. The molecule has 2 heterocycles. The minimum atomic E-state index is -0.589. The molecule has 32 heavy (non-hydrogen) atoms. The van der Waals surface area contributed by atoms with Crippen LogP contribution in [0.5, 0.6) is 0 Å². The molecule has 162 valence electrons. The van der Waals surface area contributed by atoms with Crippen molar-refractivity contribution in [3.63, 3.8) is 0 Å². The molecule has 1 amide bonds. The molecule has 1 aliphatic carbocycles. The summed E-state index contributed by atoms with van der Waals surface area (Å²) in [6.07, 6.45) is 7.14. The number of nitrogens with two attached hydrogens (primary N) is 1. The summed E-state index contributed by atoms with van der Waals surface area (Å²) in [6, 6.07) is 13.5. The monoisotopic (exact) mass is 427 g/mol. The first-order valence-corrected chi connectivity index (χ1v) is 11.0. The molecule has 0 saturated heterocycles. The van der Waals surface area contributed by atoms with Crippen molar-refractivity contribution in [2.75, 3.05) is 12.3 Å². The van der Waals surface area contributed by atoms with E-state index in [0.29, 0.717) is 17.4 Å². The van der Waals surface area contributed by atoms with Gasteiger partial charge in [-0.3, -0.25) is 14.2 Å². The summed E-state index contributed by atoms with van der Waals surface area (Å²) >= 11 is 0. The van der Waals surface area contributed by atoms with Crippen LogP contribution in [0.3, 0.4) is 0 Å². The van der Waals surface area contributed by atoms with Crippen LogP contribution in [0.15, 0.2) is 54.9 Å². The van der Waals surface area contributed by atoms with Gasteiger partial charge in [0.15, 0.2) is 0 Å². The number of nitrogens with zero attached hydrogens (tertiary/aromatic N) is 3. The number of fused-ring (bicyclic) bond motifs is 2. The minimum Gasteiger partial charge on any atom is -0.368 e. The fourth-order valence-electron chi connectivity index (χ4n) is 4.88. The van der Waals surface area contributed by atoms with Gasteiger partial charge in [-0.1, -0.05) is 43.2 Å². The topological polar surface area (TPSA) is 103 Å². The molecule has 2 aromatic carbocycles. The van der Waals surface area contributed by atoms with Crippen LogP contribution < -0.4 is 11.1 Å². The first-order chi connectivity index (χ1) is 15.5. The van der Waals surface area contributed by atoms with Crippen LogP contribution in [0, 0.1) is 0 Å². The van der Waals surface area contributed by atoms with Gasteiger partial charge in [-0.15, -0.1) is 0 Å². The van der Waals surface area contributed by atoms with E-state index in [1.165, 1.54) is 4.57 Å². The van der Waals surface area contributed by atoms with Crippen molar-refractivity contribution < 1.29 is 9.59 Å². The van der Waals surface area contributed by atoms with Crippen molar-refractivity contribution in [3.8, 4) is 0 Å². The first-order valence-electron chi connectivity index (χ1n) is 11.0. The quantitative estimate of drug-likeness (QED) is 0.516. The fraction of sp³-hybridized carbons (Fsp3) is 0.280. The summed E-state index contributed by atoms with van der Waals surface area (Å²) in [4.78, 5) is 35.2. The van der Waals surface area contributed by atoms with E-state index < -0.39 is 5.41 Å².